The van der Waals surface area contributed by atoms with Crippen molar-refractivity contribution in [2.45, 2.75) is 32.7 Å². The lowest BCUT2D eigenvalue weighted by Gasteiger charge is -2.13. The lowest BCUT2D eigenvalue weighted by atomic mass is 10.1. The highest BCUT2D eigenvalue weighted by Gasteiger charge is 2.12. The van der Waals surface area contributed by atoms with Gasteiger partial charge in [0, 0.05) is 18.7 Å². The van der Waals surface area contributed by atoms with Gasteiger partial charge in [0.25, 0.3) is 5.91 Å². The molecule has 1 heterocycles. The Kier molecular flexibility index (Phi) is 4.46. The van der Waals surface area contributed by atoms with E-state index in [1.54, 1.807) is 6.20 Å². The lowest BCUT2D eigenvalue weighted by molar-refractivity contribution is 0.0931. The standard InChI is InChI=1S/C12H15N3O/c1-4-6-10(5-2)15-12(16)11-8-13-9(3)7-14-11/h1,7-8,10H,5-6H2,2-3H3,(H,15,16). The molecule has 16 heavy (non-hydrogen) atoms. The maximum Gasteiger partial charge on any atom is 0.271 e. The first-order chi connectivity index (χ1) is 7.67. The molecule has 1 amide bonds. The van der Waals surface area contributed by atoms with Crippen LogP contribution in [0, 0.1) is 19.3 Å². The number of carbonyl (C=O) groups excluding carboxylic acids is 1. The largest absolute Gasteiger partial charge is 0.347 e. The Morgan fingerprint density at radius 2 is 2.31 bits per heavy atom. The zero-order valence-electron chi connectivity index (χ0n) is 9.53. The number of carbonyl (C=O) groups is 1. The minimum atomic E-state index is -0.227. The third kappa shape index (κ3) is 3.35. The minimum absolute atomic E-state index is 0.000558. The van der Waals surface area contributed by atoms with Gasteiger partial charge in [-0.2, -0.15) is 0 Å². The van der Waals surface area contributed by atoms with E-state index in [1.807, 2.05) is 13.8 Å². The SMILES string of the molecule is C#CCC(CC)NC(=O)c1cnc(C)cn1. The smallest absolute Gasteiger partial charge is 0.271 e. The van der Waals surface area contributed by atoms with E-state index in [1.165, 1.54) is 6.20 Å². The molecule has 0 aliphatic carbocycles. The third-order valence-corrected chi connectivity index (χ3v) is 2.21. The number of terminal acetylenes is 1. The van der Waals surface area contributed by atoms with Crippen LogP contribution in [-0.4, -0.2) is 21.9 Å². The number of aromatic nitrogens is 2. The summed E-state index contributed by atoms with van der Waals surface area (Å²) in [5.74, 6) is 2.31. The number of hydrogen-bond acceptors (Lipinski definition) is 3. The van der Waals surface area contributed by atoms with Crippen molar-refractivity contribution >= 4 is 5.91 Å². The number of hydrogen-bond donors (Lipinski definition) is 1. The molecule has 0 fully saturated rings. The fraction of sp³-hybridized carbons (Fsp3) is 0.417. The van der Waals surface area contributed by atoms with Crippen molar-refractivity contribution < 1.29 is 4.79 Å². The van der Waals surface area contributed by atoms with Gasteiger partial charge in [-0.3, -0.25) is 9.78 Å². The lowest BCUT2D eigenvalue weighted by Crippen LogP contribution is -2.34. The average Bonchev–Trinajstić information content (AvgIpc) is 2.29. The predicted molar refractivity (Wildman–Crippen MR) is 61.8 cm³/mol. The van der Waals surface area contributed by atoms with Gasteiger partial charge in [-0.25, -0.2) is 4.98 Å². The zero-order valence-corrected chi connectivity index (χ0v) is 9.53. The zero-order chi connectivity index (χ0) is 12.0. The van der Waals surface area contributed by atoms with E-state index in [0.717, 1.165) is 12.1 Å². The summed E-state index contributed by atoms with van der Waals surface area (Å²) in [7, 11) is 0. The Morgan fingerprint density at radius 1 is 1.56 bits per heavy atom. The van der Waals surface area contributed by atoms with Crippen LogP contribution in [0.15, 0.2) is 12.4 Å². The molecule has 4 heteroatoms. The van der Waals surface area contributed by atoms with Crippen LogP contribution in [0.2, 0.25) is 0 Å². The van der Waals surface area contributed by atoms with Crippen molar-refractivity contribution in [2.75, 3.05) is 0 Å². The molecule has 4 nitrogen and oxygen atoms in total. The first kappa shape index (κ1) is 12.2. The molecule has 1 atom stereocenters. The van der Waals surface area contributed by atoms with E-state index < -0.39 is 0 Å². The second-order valence-corrected chi connectivity index (χ2v) is 3.53. The van der Waals surface area contributed by atoms with E-state index in [-0.39, 0.29) is 11.9 Å². The Hall–Kier alpha value is -1.89. The highest BCUT2D eigenvalue weighted by Crippen LogP contribution is 1.99. The molecule has 84 valence electrons. The molecule has 0 aliphatic heterocycles. The normalized spacial score (nSPS) is 11.6. The predicted octanol–water partition coefficient (Wildman–Crippen LogP) is 1.32. The molecule has 0 saturated carbocycles. The second kappa shape index (κ2) is 5.86. The number of nitrogens with zero attached hydrogens (tertiary/aromatic N) is 2. The molecular formula is C12H15N3O. The Bertz CT molecular complexity index is 392. The summed E-state index contributed by atoms with van der Waals surface area (Å²) in [5.41, 5.74) is 1.10. The Labute approximate surface area is 95.5 Å². The molecule has 0 saturated heterocycles. The molecule has 0 aliphatic rings. The van der Waals surface area contributed by atoms with Crippen molar-refractivity contribution in [3.05, 3.63) is 23.8 Å². The summed E-state index contributed by atoms with van der Waals surface area (Å²) in [6.07, 6.45) is 9.57. The number of rotatable bonds is 4. The van der Waals surface area contributed by atoms with Gasteiger partial charge in [0.05, 0.1) is 11.9 Å². The van der Waals surface area contributed by atoms with Crippen LogP contribution in [-0.2, 0) is 0 Å². The minimum Gasteiger partial charge on any atom is -0.347 e. The van der Waals surface area contributed by atoms with E-state index >= 15 is 0 Å². The molecule has 0 aromatic carbocycles. The van der Waals surface area contributed by atoms with Gasteiger partial charge >= 0.3 is 0 Å². The summed E-state index contributed by atoms with van der Waals surface area (Å²) in [5, 5.41) is 2.82. The van der Waals surface area contributed by atoms with Crippen LogP contribution < -0.4 is 5.32 Å². The molecule has 1 rings (SSSR count). The first-order valence-corrected chi connectivity index (χ1v) is 5.20. The molecule has 1 aromatic rings. The molecule has 0 bridgehead atoms. The maximum atomic E-state index is 11.7. The summed E-state index contributed by atoms with van der Waals surface area (Å²) < 4.78 is 0. The third-order valence-electron chi connectivity index (χ3n) is 2.21. The molecule has 1 unspecified atom stereocenters. The summed E-state index contributed by atoms with van der Waals surface area (Å²) in [6.45, 7) is 3.80. The van der Waals surface area contributed by atoms with Gasteiger partial charge in [-0.1, -0.05) is 6.92 Å². The fourth-order valence-electron chi connectivity index (χ4n) is 1.21. The molecule has 1 N–H and O–H groups in total. The Balaban J connectivity index is 2.65. The van der Waals surface area contributed by atoms with Crippen molar-refractivity contribution in [3.63, 3.8) is 0 Å². The van der Waals surface area contributed by atoms with Gasteiger partial charge in [-0.05, 0) is 13.3 Å². The van der Waals surface area contributed by atoms with Crippen LogP contribution in [0.5, 0.6) is 0 Å². The summed E-state index contributed by atoms with van der Waals surface area (Å²) >= 11 is 0. The van der Waals surface area contributed by atoms with Gasteiger partial charge in [-0.15, -0.1) is 12.3 Å². The van der Waals surface area contributed by atoms with E-state index in [9.17, 15) is 4.79 Å². The quantitative estimate of drug-likeness (QED) is 0.774. The maximum absolute atomic E-state index is 11.7. The second-order valence-electron chi connectivity index (χ2n) is 3.53. The van der Waals surface area contributed by atoms with Crippen molar-refractivity contribution in [1.82, 2.24) is 15.3 Å². The Morgan fingerprint density at radius 3 is 2.81 bits per heavy atom. The van der Waals surface area contributed by atoms with Gasteiger partial charge in [0.15, 0.2) is 0 Å². The first-order valence-electron chi connectivity index (χ1n) is 5.20. The summed E-state index contributed by atoms with van der Waals surface area (Å²) in [4.78, 5) is 19.7. The number of amides is 1. The highest BCUT2D eigenvalue weighted by molar-refractivity contribution is 5.92. The van der Waals surface area contributed by atoms with Crippen molar-refractivity contribution in [3.8, 4) is 12.3 Å². The average molecular weight is 217 g/mol. The van der Waals surface area contributed by atoms with Crippen molar-refractivity contribution in [1.29, 1.82) is 0 Å². The number of nitrogens with one attached hydrogen (secondary N) is 1. The highest BCUT2D eigenvalue weighted by atomic mass is 16.1. The summed E-state index contributed by atoms with van der Waals surface area (Å²) in [6, 6.07) is 0.000558. The van der Waals surface area contributed by atoms with Crippen LogP contribution >= 0.6 is 0 Å². The van der Waals surface area contributed by atoms with Gasteiger partial charge < -0.3 is 5.32 Å². The van der Waals surface area contributed by atoms with Crippen LogP contribution in [0.25, 0.3) is 0 Å². The fourth-order valence-corrected chi connectivity index (χ4v) is 1.21. The molecule has 1 aromatic heterocycles. The topological polar surface area (TPSA) is 54.9 Å². The molecule has 0 spiro atoms. The molecule has 0 radical (unpaired) electrons. The van der Waals surface area contributed by atoms with E-state index in [0.29, 0.717) is 12.1 Å². The van der Waals surface area contributed by atoms with Crippen molar-refractivity contribution in [2.24, 2.45) is 0 Å². The number of aryl methyl sites for hydroxylation is 1. The molecular weight excluding hydrogens is 202 g/mol. The van der Waals surface area contributed by atoms with E-state index in [4.69, 9.17) is 6.42 Å². The van der Waals surface area contributed by atoms with Gasteiger partial charge in [0.2, 0.25) is 0 Å². The van der Waals surface area contributed by atoms with Gasteiger partial charge in [0.1, 0.15) is 5.69 Å². The monoisotopic (exact) mass is 217 g/mol. The van der Waals surface area contributed by atoms with E-state index in [2.05, 4.69) is 21.2 Å². The van der Waals surface area contributed by atoms with Crippen LogP contribution in [0.1, 0.15) is 35.9 Å². The van der Waals surface area contributed by atoms with Crippen LogP contribution in [0.3, 0.4) is 0 Å². The van der Waals surface area contributed by atoms with Crippen LogP contribution in [0.4, 0.5) is 0 Å².